The fourth-order valence-electron chi connectivity index (χ4n) is 4.15. The monoisotopic (exact) mass is 401 g/mol. The number of hydrogen-bond acceptors (Lipinski definition) is 2. The molecule has 1 aliphatic rings. The van der Waals surface area contributed by atoms with Crippen molar-refractivity contribution in [1.82, 2.24) is 4.90 Å². The van der Waals surface area contributed by atoms with Crippen molar-refractivity contribution in [2.45, 2.75) is 49.7 Å². The van der Waals surface area contributed by atoms with Crippen molar-refractivity contribution in [2.24, 2.45) is 0 Å². The summed E-state index contributed by atoms with van der Waals surface area (Å²) in [5.41, 5.74) is 2.16. The Kier molecular flexibility index (Phi) is 5.67. The van der Waals surface area contributed by atoms with Crippen LogP contribution in [0, 0.1) is 0 Å². The van der Waals surface area contributed by atoms with Crippen molar-refractivity contribution >= 4 is 15.9 Å². The van der Waals surface area contributed by atoms with Crippen molar-refractivity contribution in [2.75, 3.05) is 14.1 Å². The smallest absolute Gasteiger partial charge is 0.0652 e. The third kappa shape index (κ3) is 4.16. The van der Waals surface area contributed by atoms with Crippen LogP contribution in [0.15, 0.2) is 59.1 Å². The second-order valence-corrected chi connectivity index (χ2v) is 8.56. The van der Waals surface area contributed by atoms with Gasteiger partial charge in [-0.1, -0.05) is 58.4 Å². The fraction of sp³-hybridized carbons (Fsp3) is 0.455. The lowest BCUT2D eigenvalue weighted by atomic mass is 9.68. The van der Waals surface area contributed by atoms with Crippen molar-refractivity contribution in [1.29, 1.82) is 0 Å². The van der Waals surface area contributed by atoms with Crippen LogP contribution in [0.2, 0.25) is 0 Å². The summed E-state index contributed by atoms with van der Waals surface area (Å²) in [4.78, 5) is 2.34. The second-order valence-electron chi connectivity index (χ2n) is 7.64. The Morgan fingerprint density at radius 3 is 2.08 bits per heavy atom. The minimum Gasteiger partial charge on any atom is -0.390 e. The Hall–Kier alpha value is -1.16. The van der Waals surface area contributed by atoms with E-state index in [-0.39, 0.29) is 5.54 Å². The Morgan fingerprint density at radius 2 is 1.52 bits per heavy atom. The average Bonchev–Trinajstić information content (AvgIpc) is 2.62. The van der Waals surface area contributed by atoms with Crippen molar-refractivity contribution in [3.63, 3.8) is 0 Å². The van der Waals surface area contributed by atoms with E-state index in [9.17, 15) is 5.11 Å². The molecule has 0 heterocycles. The molecule has 0 aromatic heterocycles. The molecule has 1 fully saturated rings. The number of aliphatic hydroxyl groups is 1. The normalized spacial score (nSPS) is 26.8. The van der Waals surface area contributed by atoms with Gasteiger partial charge >= 0.3 is 0 Å². The average molecular weight is 402 g/mol. The standard InChI is InChI=1S/C22H28BrNO/c1-24(2)22(19-8-10-20(23)11-9-19)16-14-21(25,15-17-22)13-12-18-6-4-3-5-7-18/h3-11,25H,12-17H2,1-2H3. The molecule has 1 aliphatic carbocycles. The van der Waals surface area contributed by atoms with E-state index >= 15 is 0 Å². The lowest BCUT2D eigenvalue weighted by Crippen LogP contribution is -2.49. The van der Waals surface area contributed by atoms with Crippen LogP contribution in [0.25, 0.3) is 0 Å². The molecule has 1 N–H and O–H groups in total. The molecule has 3 rings (SSSR count). The van der Waals surface area contributed by atoms with Crippen LogP contribution in [0.5, 0.6) is 0 Å². The van der Waals surface area contributed by atoms with Crippen molar-refractivity contribution in [3.05, 3.63) is 70.2 Å². The SMILES string of the molecule is CN(C)C1(c2ccc(Br)cc2)CCC(O)(CCc2ccccc2)CC1. The first kappa shape index (κ1) is 18.6. The Balaban J connectivity index is 1.70. The van der Waals surface area contributed by atoms with E-state index < -0.39 is 5.60 Å². The largest absolute Gasteiger partial charge is 0.390 e. The molecular weight excluding hydrogens is 374 g/mol. The quantitative estimate of drug-likeness (QED) is 0.748. The molecule has 2 nitrogen and oxygen atoms in total. The van der Waals surface area contributed by atoms with E-state index in [0.717, 1.165) is 43.0 Å². The lowest BCUT2D eigenvalue weighted by Gasteiger charge is -2.48. The molecule has 0 radical (unpaired) electrons. The molecule has 2 aromatic rings. The van der Waals surface area contributed by atoms with E-state index in [1.54, 1.807) is 0 Å². The van der Waals surface area contributed by atoms with Crippen LogP contribution in [-0.4, -0.2) is 29.7 Å². The van der Waals surface area contributed by atoms with Gasteiger partial charge in [0.2, 0.25) is 0 Å². The zero-order valence-corrected chi connectivity index (χ0v) is 16.8. The molecule has 134 valence electrons. The van der Waals surface area contributed by atoms with Crippen molar-refractivity contribution < 1.29 is 5.11 Å². The maximum absolute atomic E-state index is 11.1. The van der Waals surface area contributed by atoms with Crippen LogP contribution in [0.4, 0.5) is 0 Å². The van der Waals surface area contributed by atoms with Crippen molar-refractivity contribution in [3.8, 4) is 0 Å². The molecule has 1 saturated carbocycles. The zero-order valence-electron chi connectivity index (χ0n) is 15.2. The van der Waals surface area contributed by atoms with Gasteiger partial charge in [0.05, 0.1) is 5.60 Å². The maximum Gasteiger partial charge on any atom is 0.0652 e. The first-order chi connectivity index (χ1) is 11.9. The van der Waals surface area contributed by atoms with Gasteiger partial charge in [-0.25, -0.2) is 0 Å². The number of halogens is 1. The molecule has 0 unspecified atom stereocenters. The molecule has 0 atom stereocenters. The Labute approximate surface area is 160 Å². The van der Waals surface area contributed by atoms with Gasteiger partial charge in [0.1, 0.15) is 0 Å². The zero-order chi connectivity index (χ0) is 17.9. The summed E-state index contributed by atoms with van der Waals surface area (Å²) in [7, 11) is 4.33. The molecule has 0 spiro atoms. The highest BCUT2D eigenvalue weighted by Crippen LogP contribution is 2.46. The van der Waals surface area contributed by atoms with E-state index in [0.29, 0.717) is 0 Å². The highest BCUT2D eigenvalue weighted by Gasteiger charge is 2.43. The van der Waals surface area contributed by atoms with Crippen LogP contribution >= 0.6 is 15.9 Å². The fourth-order valence-corrected chi connectivity index (χ4v) is 4.42. The van der Waals surface area contributed by atoms with Gasteiger partial charge < -0.3 is 5.11 Å². The predicted molar refractivity (Wildman–Crippen MR) is 108 cm³/mol. The summed E-state index contributed by atoms with van der Waals surface area (Å²) in [5, 5.41) is 11.1. The van der Waals surface area contributed by atoms with Gasteiger partial charge in [-0.15, -0.1) is 0 Å². The summed E-state index contributed by atoms with van der Waals surface area (Å²) in [6.45, 7) is 0. The van der Waals surface area contributed by atoms with Gasteiger partial charge in [-0.05, 0) is 75.9 Å². The first-order valence-corrected chi connectivity index (χ1v) is 9.93. The Bertz CT molecular complexity index is 673. The molecular formula is C22H28BrNO. The third-order valence-corrected chi connectivity index (χ3v) is 6.50. The van der Waals surface area contributed by atoms with E-state index in [2.05, 4.69) is 83.5 Å². The topological polar surface area (TPSA) is 23.5 Å². The van der Waals surface area contributed by atoms with Gasteiger partial charge in [-0.2, -0.15) is 0 Å². The minimum absolute atomic E-state index is 0.0275. The van der Waals surface area contributed by atoms with E-state index in [1.807, 2.05) is 6.07 Å². The summed E-state index contributed by atoms with van der Waals surface area (Å²) in [5.74, 6) is 0. The van der Waals surface area contributed by atoms with Gasteiger partial charge in [0.15, 0.2) is 0 Å². The van der Waals surface area contributed by atoms with Gasteiger partial charge in [0, 0.05) is 10.0 Å². The molecule has 3 heteroatoms. The molecule has 0 saturated heterocycles. The molecule has 25 heavy (non-hydrogen) atoms. The number of rotatable bonds is 5. The summed E-state index contributed by atoms with van der Waals surface area (Å²) in [6.07, 6.45) is 5.49. The van der Waals surface area contributed by atoms with Gasteiger partial charge in [-0.3, -0.25) is 4.90 Å². The van der Waals surface area contributed by atoms with E-state index in [1.165, 1.54) is 11.1 Å². The third-order valence-electron chi connectivity index (χ3n) is 5.97. The van der Waals surface area contributed by atoms with E-state index in [4.69, 9.17) is 0 Å². The Morgan fingerprint density at radius 1 is 0.920 bits per heavy atom. The highest BCUT2D eigenvalue weighted by atomic mass is 79.9. The molecule has 0 aliphatic heterocycles. The summed E-state index contributed by atoms with van der Waals surface area (Å²) in [6, 6.07) is 19.2. The minimum atomic E-state index is -0.537. The molecule has 0 bridgehead atoms. The summed E-state index contributed by atoms with van der Waals surface area (Å²) >= 11 is 3.53. The van der Waals surface area contributed by atoms with Gasteiger partial charge in [0.25, 0.3) is 0 Å². The number of nitrogens with zero attached hydrogens (tertiary/aromatic N) is 1. The van der Waals surface area contributed by atoms with Crippen LogP contribution in [0.1, 0.15) is 43.2 Å². The number of benzene rings is 2. The van der Waals surface area contributed by atoms with Crippen LogP contribution in [0.3, 0.4) is 0 Å². The van der Waals surface area contributed by atoms with Crippen LogP contribution < -0.4 is 0 Å². The second kappa shape index (κ2) is 7.61. The molecule has 0 amide bonds. The lowest BCUT2D eigenvalue weighted by molar-refractivity contribution is -0.0512. The maximum atomic E-state index is 11.1. The van der Waals surface area contributed by atoms with Crippen LogP contribution in [-0.2, 0) is 12.0 Å². The highest BCUT2D eigenvalue weighted by molar-refractivity contribution is 9.10. The molecule has 2 aromatic carbocycles. The number of hydrogen-bond donors (Lipinski definition) is 1. The first-order valence-electron chi connectivity index (χ1n) is 9.13. The predicted octanol–water partition coefficient (Wildman–Crippen LogP) is 5.14. The number of aryl methyl sites for hydroxylation is 1. The summed E-state index contributed by atoms with van der Waals surface area (Å²) < 4.78 is 1.11.